The molecule has 0 fully saturated rings. The molecule has 1 unspecified atom stereocenters. The van der Waals surface area contributed by atoms with E-state index in [0.717, 1.165) is 18.5 Å². The highest BCUT2D eigenvalue weighted by molar-refractivity contribution is 5.20. The highest BCUT2D eigenvalue weighted by Crippen LogP contribution is 2.16. The van der Waals surface area contributed by atoms with E-state index in [1.54, 1.807) is 6.07 Å². The van der Waals surface area contributed by atoms with Crippen LogP contribution in [0.3, 0.4) is 0 Å². The summed E-state index contributed by atoms with van der Waals surface area (Å²) in [7, 11) is 0. The number of nitrogens with one attached hydrogen (secondary N) is 1. The van der Waals surface area contributed by atoms with Gasteiger partial charge in [-0.2, -0.15) is 0 Å². The van der Waals surface area contributed by atoms with E-state index in [1.807, 2.05) is 6.92 Å². The smallest absolute Gasteiger partial charge is 0.159 e. The highest BCUT2D eigenvalue weighted by Gasteiger charge is 2.08. The molecular weight excluding hydrogens is 208 g/mol. The van der Waals surface area contributed by atoms with Crippen molar-refractivity contribution >= 4 is 0 Å². The summed E-state index contributed by atoms with van der Waals surface area (Å²) in [5.74, 6) is -0.933. The fraction of sp³-hybridized carbons (Fsp3) is 0.538. The van der Waals surface area contributed by atoms with E-state index in [0.29, 0.717) is 5.92 Å². The van der Waals surface area contributed by atoms with Crippen molar-refractivity contribution in [3.05, 3.63) is 35.4 Å². The zero-order valence-electron chi connectivity index (χ0n) is 10.1. The molecule has 0 aromatic heterocycles. The van der Waals surface area contributed by atoms with E-state index in [-0.39, 0.29) is 6.04 Å². The molecule has 0 saturated heterocycles. The molecule has 0 saturated carbocycles. The van der Waals surface area contributed by atoms with Gasteiger partial charge in [-0.25, -0.2) is 8.78 Å². The summed E-state index contributed by atoms with van der Waals surface area (Å²) in [5.41, 5.74) is 0.780. The molecule has 1 aromatic carbocycles. The first-order valence-electron chi connectivity index (χ1n) is 5.69. The first kappa shape index (κ1) is 13.1. The lowest BCUT2D eigenvalue weighted by Crippen LogP contribution is -2.21. The van der Waals surface area contributed by atoms with E-state index < -0.39 is 11.6 Å². The standard InChI is InChI=1S/C13H19F2N/c1-9(2)6-7-16-10(3)11-4-5-12(14)13(15)8-11/h4-5,8-10,16H,6-7H2,1-3H3. The fourth-order valence-corrected chi connectivity index (χ4v) is 1.49. The van der Waals surface area contributed by atoms with Gasteiger partial charge in [0, 0.05) is 6.04 Å². The second kappa shape index (κ2) is 5.94. The maximum atomic E-state index is 13.0. The fourth-order valence-electron chi connectivity index (χ4n) is 1.49. The molecule has 0 amide bonds. The third kappa shape index (κ3) is 3.89. The monoisotopic (exact) mass is 227 g/mol. The minimum atomic E-state index is -0.793. The number of rotatable bonds is 5. The molecule has 0 radical (unpaired) electrons. The molecule has 90 valence electrons. The van der Waals surface area contributed by atoms with Crippen molar-refractivity contribution in [1.82, 2.24) is 5.32 Å². The van der Waals surface area contributed by atoms with Gasteiger partial charge in [0.05, 0.1) is 0 Å². The molecule has 0 spiro atoms. The molecule has 0 aliphatic rings. The summed E-state index contributed by atoms with van der Waals surface area (Å²) >= 11 is 0. The van der Waals surface area contributed by atoms with Crippen molar-refractivity contribution in [2.75, 3.05) is 6.54 Å². The quantitative estimate of drug-likeness (QED) is 0.809. The summed E-state index contributed by atoms with van der Waals surface area (Å²) in [5, 5.41) is 3.29. The Morgan fingerprint density at radius 1 is 1.12 bits per heavy atom. The largest absolute Gasteiger partial charge is 0.310 e. The second-order valence-corrected chi connectivity index (χ2v) is 4.53. The van der Waals surface area contributed by atoms with Gasteiger partial charge in [-0.3, -0.25) is 0 Å². The lowest BCUT2D eigenvalue weighted by atomic mass is 10.1. The van der Waals surface area contributed by atoms with E-state index in [4.69, 9.17) is 0 Å². The molecule has 1 nitrogen and oxygen atoms in total. The van der Waals surface area contributed by atoms with Crippen LogP contribution >= 0.6 is 0 Å². The molecule has 0 aliphatic heterocycles. The van der Waals surface area contributed by atoms with Crippen molar-refractivity contribution in [3.63, 3.8) is 0 Å². The van der Waals surface area contributed by atoms with Crippen LogP contribution in [-0.4, -0.2) is 6.54 Å². The van der Waals surface area contributed by atoms with Crippen LogP contribution in [0.25, 0.3) is 0 Å². The van der Waals surface area contributed by atoms with E-state index >= 15 is 0 Å². The predicted octanol–water partition coefficient (Wildman–Crippen LogP) is 3.66. The normalized spacial score (nSPS) is 13.1. The summed E-state index contributed by atoms with van der Waals surface area (Å²) in [6, 6.07) is 4.09. The molecule has 1 rings (SSSR count). The molecular formula is C13H19F2N. The van der Waals surface area contributed by atoms with Gasteiger partial charge in [-0.05, 0) is 43.5 Å². The second-order valence-electron chi connectivity index (χ2n) is 4.53. The van der Waals surface area contributed by atoms with Crippen molar-refractivity contribution in [3.8, 4) is 0 Å². The molecule has 0 bridgehead atoms. The van der Waals surface area contributed by atoms with Gasteiger partial charge in [-0.15, -0.1) is 0 Å². The van der Waals surface area contributed by atoms with Crippen molar-refractivity contribution in [1.29, 1.82) is 0 Å². The Morgan fingerprint density at radius 3 is 2.38 bits per heavy atom. The lowest BCUT2D eigenvalue weighted by Gasteiger charge is -2.15. The summed E-state index contributed by atoms with van der Waals surface area (Å²) in [4.78, 5) is 0. The van der Waals surface area contributed by atoms with Gasteiger partial charge < -0.3 is 5.32 Å². The minimum Gasteiger partial charge on any atom is -0.310 e. The van der Waals surface area contributed by atoms with Gasteiger partial charge in [-0.1, -0.05) is 19.9 Å². The highest BCUT2D eigenvalue weighted by atomic mass is 19.2. The van der Waals surface area contributed by atoms with E-state index in [1.165, 1.54) is 12.1 Å². The van der Waals surface area contributed by atoms with Crippen molar-refractivity contribution in [2.24, 2.45) is 5.92 Å². The lowest BCUT2D eigenvalue weighted by molar-refractivity contribution is 0.485. The molecule has 16 heavy (non-hydrogen) atoms. The van der Waals surface area contributed by atoms with Crippen LogP contribution in [0.1, 0.15) is 38.8 Å². The Labute approximate surface area is 95.9 Å². The number of hydrogen-bond donors (Lipinski definition) is 1. The van der Waals surface area contributed by atoms with Crippen LogP contribution in [0.2, 0.25) is 0 Å². The summed E-state index contributed by atoms with van der Waals surface area (Å²) in [6.45, 7) is 7.15. The van der Waals surface area contributed by atoms with Crippen molar-refractivity contribution in [2.45, 2.75) is 33.2 Å². The Balaban J connectivity index is 2.52. The predicted molar refractivity (Wildman–Crippen MR) is 62.2 cm³/mol. The third-order valence-electron chi connectivity index (χ3n) is 2.62. The average Bonchev–Trinajstić information content (AvgIpc) is 2.21. The van der Waals surface area contributed by atoms with Crippen LogP contribution in [0.15, 0.2) is 18.2 Å². The van der Waals surface area contributed by atoms with Gasteiger partial charge in [0.15, 0.2) is 11.6 Å². The molecule has 0 heterocycles. The number of benzene rings is 1. The zero-order chi connectivity index (χ0) is 12.1. The first-order chi connectivity index (χ1) is 7.50. The minimum absolute atomic E-state index is 0.0499. The van der Waals surface area contributed by atoms with Gasteiger partial charge >= 0.3 is 0 Å². The average molecular weight is 227 g/mol. The maximum Gasteiger partial charge on any atom is 0.159 e. The van der Waals surface area contributed by atoms with Crippen LogP contribution in [-0.2, 0) is 0 Å². The van der Waals surface area contributed by atoms with Gasteiger partial charge in [0.25, 0.3) is 0 Å². The van der Waals surface area contributed by atoms with Crippen LogP contribution in [0.4, 0.5) is 8.78 Å². The van der Waals surface area contributed by atoms with Crippen LogP contribution < -0.4 is 5.32 Å². The molecule has 1 N–H and O–H groups in total. The number of halogens is 2. The van der Waals surface area contributed by atoms with E-state index in [9.17, 15) is 8.78 Å². The summed E-state index contributed by atoms with van der Waals surface area (Å²) in [6.07, 6.45) is 1.08. The SMILES string of the molecule is CC(C)CCNC(C)c1ccc(F)c(F)c1. The maximum absolute atomic E-state index is 13.0. The molecule has 1 aromatic rings. The molecule has 3 heteroatoms. The summed E-state index contributed by atoms with van der Waals surface area (Å²) < 4.78 is 25.7. The Bertz CT molecular complexity index is 337. The third-order valence-corrected chi connectivity index (χ3v) is 2.62. The van der Waals surface area contributed by atoms with Gasteiger partial charge in [0.1, 0.15) is 0 Å². The van der Waals surface area contributed by atoms with Gasteiger partial charge in [0.2, 0.25) is 0 Å². The Morgan fingerprint density at radius 2 is 1.81 bits per heavy atom. The molecule has 0 aliphatic carbocycles. The molecule has 1 atom stereocenters. The van der Waals surface area contributed by atoms with Crippen LogP contribution in [0, 0.1) is 17.6 Å². The topological polar surface area (TPSA) is 12.0 Å². The Kier molecular flexibility index (Phi) is 4.87. The van der Waals surface area contributed by atoms with Crippen LogP contribution in [0.5, 0.6) is 0 Å². The Hall–Kier alpha value is -0.960. The number of hydrogen-bond acceptors (Lipinski definition) is 1. The first-order valence-corrected chi connectivity index (χ1v) is 5.69. The van der Waals surface area contributed by atoms with E-state index in [2.05, 4.69) is 19.2 Å². The zero-order valence-corrected chi connectivity index (χ0v) is 10.1. The van der Waals surface area contributed by atoms with Crippen molar-refractivity contribution < 1.29 is 8.78 Å².